The topological polar surface area (TPSA) is 127 Å². The number of phenolic OH excluding ortho intramolecular Hbond substituents is 1. The third-order valence-corrected chi connectivity index (χ3v) is 3.29. The van der Waals surface area contributed by atoms with Crippen LogP contribution >= 0.6 is 15.9 Å². The molecule has 124 valence electrons. The number of aromatic hydroxyl groups is 1. The fourth-order valence-electron chi connectivity index (χ4n) is 1.73. The van der Waals surface area contributed by atoms with Gasteiger partial charge in [0.25, 0.3) is 11.6 Å². The number of carbonyl (C=O) groups excluding carboxylic acids is 1. The van der Waals surface area contributed by atoms with E-state index >= 15 is 0 Å². The smallest absolute Gasteiger partial charge is 0.274 e. The minimum atomic E-state index is -0.634. The molecule has 1 heterocycles. The van der Waals surface area contributed by atoms with Crippen molar-refractivity contribution in [1.82, 2.24) is 10.4 Å². The molecule has 2 aromatic rings. The van der Waals surface area contributed by atoms with Crippen molar-refractivity contribution in [1.29, 1.82) is 0 Å². The van der Waals surface area contributed by atoms with Crippen LogP contribution in [0.1, 0.15) is 15.9 Å². The van der Waals surface area contributed by atoms with E-state index in [0.29, 0.717) is 4.47 Å². The van der Waals surface area contributed by atoms with E-state index in [4.69, 9.17) is 4.74 Å². The predicted octanol–water partition coefficient (Wildman–Crippen LogP) is 2.23. The molecular weight excluding hydrogens is 384 g/mol. The van der Waals surface area contributed by atoms with Crippen molar-refractivity contribution in [2.24, 2.45) is 5.10 Å². The number of nitrogens with zero attached hydrogens (tertiary/aromatic N) is 3. The minimum absolute atomic E-state index is 0.0220. The molecule has 1 aromatic carbocycles. The van der Waals surface area contributed by atoms with Gasteiger partial charge in [-0.25, -0.2) is 5.43 Å². The average molecular weight is 395 g/mol. The fourth-order valence-corrected chi connectivity index (χ4v) is 2.10. The minimum Gasteiger partial charge on any atom is -0.504 e. The Balaban J connectivity index is 2.21. The number of halogens is 1. The van der Waals surface area contributed by atoms with Gasteiger partial charge in [-0.05, 0) is 22.0 Å². The SMILES string of the molecule is COc1cc([N+](=O)[O-])cc(/C=N\NC(=O)c2cncc(Br)c2)c1O. The Labute approximate surface area is 144 Å². The zero-order chi connectivity index (χ0) is 17.7. The lowest BCUT2D eigenvalue weighted by atomic mass is 10.2. The Kier molecular flexibility index (Phi) is 5.42. The van der Waals surface area contributed by atoms with E-state index < -0.39 is 10.8 Å². The highest BCUT2D eigenvalue weighted by atomic mass is 79.9. The number of phenols is 1. The van der Waals surface area contributed by atoms with Gasteiger partial charge in [0.1, 0.15) is 0 Å². The molecule has 0 atom stereocenters. The molecule has 0 aliphatic carbocycles. The van der Waals surface area contributed by atoms with Crippen molar-refractivity contribution in [3.8, 4) is 11.5 Å². The normalized spacial score (nSPS) is 10.6. The zero-order valence-electron chi connectivity index (χ0n) is 12.3. The fraction of sp³-hybridized carbons (Fsp3) is 0.0714. The lowest BCUT2D eigenvalue weighted by Crippen LogP contribution is -2.17. The van der Waals surface area contributed by atoms with Crippen LogP contribution in [0.4, 0.5) is 5.69 Å². The number of ether oxygens (including phenoxy) is 1. The van der Waals surface area contributed by atoms with E-state index in [2.05, 4.69) is 31.4 Å². The van der Waals surface area contributed by atoms with E-state index in [-0.39, 0.29) is 28.3 Å². The number of nitro groups is 1. The van der Waals surface area contributed by atoms with Crippen LogP contribution in [-0.2, 0) is 0 Å². The molecule has 1 aromatic heterocycles. The van der Waals surface area contributed by atoms with Crippen LogP contribution in [0.15, 0.2) is 40.2 Å². The number of nitrogens with one attached hydrogen (secondary N) is 1. The van der Waals surface area contributed by atoms with Gasteiger partial charge in [-0.15, -0.1) is 0 Å². The van der Waals surface area contributed by atoms with Crippen LogP contribution in [-0.4, -0.2) is 34.2 Å². The summed E-state index contributed by atoms with van der Waals surface area (Å²) in [6.45, 7) is 0. The second kappa shape index (κ2) is 7.51. The number of carbonyl (C=O) groups is 1. The van der Waals surface area contributed by atoms with Gasteiger partial charge in [0, 0.05) is 28.5 Å². The molecule has 10 heteroatoms. The van der Waals surface area contributed by atoms with Gasteiger partial charge < -0.3 is 9.84 Å². The molecule has 0 aliphatic rings. The van der Waals surface area contributed by atoms with Gasteiger partial charge >= 0.3 is 0 Å². The molecule has 0 fully saturated rings. The number of hydrazone groups is 1. The second-order valence-electron chi connectivity index (χ2n) is 4.43. The monoisotopic (exact) mass is 394 g/mol. The summed E-state index contributed by atoms with van der Waals surface area (Å²) in [5.41, 5.74) is 2.24. The first-order valence-corrected chi connectivity index (χ1v) is 7.21. The van der Waals surface area contributed by atoms with Crippen molar-refractivity contribution in [3.05, 3.63) is 56.3 Å². The van der Waals surface area contributed by atoms with Gasteiger partial charge in [-0.3, -0.25) is 19.9 Å². The first kappa shape index (κ1) is 17.3. The first-order valence-electron chi connectivity index (χ1n) is 6.41. The summed E-state index contributed by atoms with van der Waals surface area (Å²) in [6.07, 6.45) is 3.95. The molecule has 1 amide bonds. The Bertz CT molecular complexity index is 825. The van der Waals surface area contributed by atoms with Crippen molar-refractivity contribution < 1.29 is 19.6 Å². The van der Waals surface area contributed by atoms with Gasteiger partial charge in [0.2, 0.25) is 0 Å². The Morgan fingerprint density at radius 2 is 2.21 bits per heavy atom. The van der Waals surface area contributed by atoms with E-state index in [0.717, 1.165) is 18.3 Å². The summed E-state index contributed by atoms with van der Waals surface area (Å²) in [5, 5.41) is 24.5. The van der Waals surface area contributed by atoms with Gasteiger partial charge in [0.05, 0.1) is 29.9 Å². The average Bonchev–Trinajstić information content (AvgIpc) is 2.56. The molecular formula is C14H11BrN4O5. The van der Waals surface area contributed by atoms with Gasteiger partial charge in [0.15, 0.2) is 11.5 Å². The Hall–Kier alpha value is -3.01. The number of hydrogen-bond acceptors (Lipinski definition) is 7. The lowest BCUT2D eigenvalue weighted by molar-refractivity contribution is -0.385. The van der Waals surface area contributed by atoms with Crippen LogP contribution in [0.3, 0.4) is 0 Å². The van der Waals surface area contributed by atoms with Crippen LogP contribution in [0.25, 0.3) is 0 Å². The van der Waals surface area contributed by atoms with Crippen molar-refractivity contribution >= 4 is 33.7 Å². The standard InChI is InChI=1S/C14H11BrN4O5/c1-24-12-4-11(19(22)23)3-8(13(12)20)6-17-18-14(21)9-2-10(15)7-16-5-9/h2-7,20H,1H3,(H,18,21)/b17-6-. The number of methoxy groups -OCH3 is 1. The van der Waals surface area contributed by atoms with Crippen LogP contribution in [0.2, 0.25) is 0 Å². The summed E-state index contributed by atoms with van der Waals surface area (Å²) >= 11 is 3.19. The summed E-state index contributed by atoms with van der Waals surface area (Å²) in [5.74, 6) is -0.935. The molecule has 0 unspecified atom stereocenters. The Morgan fingerprint density at radius 3 is 2.83 bits per heavy atom. The number of rotatable bonds is 5. The van der Waals surface area contributed by atoms with Crippen LogP contribution in [0.5, 0.6) is 11.5 Å². The number of nitro benzene ring substituents is 1. The summed E-state index contributed by atoms with van der Waals surface area (Å²) in [6, 6.07) is 3.73. The third kappa shape index (κ3) is 4.04. The highest BCUT2D eigenvalue weighted by Crippen LogP contribution is 2.33. The summed E-state index contributed by atoms with van der Waals surface area (Å²) in [7, 11) is 1.27. The highest BCUT2D eigenvalue weighted by molar-refractivity contribution is 9.10. The van der Waals surface area contributed by atoms with Crippen molar-refractivity contribution in [2.45, 2.75) is 0 Å². The summed E-state index contributed by atoms with van der Waals surface area (Å²) in [4.78, 5) is 26.0. The maximum atomic E-state index is 11.9. The first-order chi connectivity index (χ1) is 11.4. The van der Waals surface area contributed by atoms with Crippen molar-refractivity contribution in [3.63, 3.8) is 0 Å². The van der Waals surface area contributed by atoms with Gasteiger partial charge in [-0.1, -0.05) is 0 Å². The predicted molar refractivity (Wildman–Crippen MR) is 88.3 cm³/mol. The third-order valence-electron chi connectivity index (χ3n) is 2.86. The van der Waals surface area contributed by atoms with Gasteiger partial charge in [-0.2, -0.15) is 5.10 Å². The molecule has 9 nitrogen and oxygen atoms in total. The molecule has 0 bridgehead atoms. The molecule has 2 rings (SSSR count). The number of amides is 1. The molecule has 0 aliphatic heterocycles. The summed E-state index contributed by atoms with van der Waals surface area (Å²) < 4.78 is 5.49. The molecule has 0 radical (unpaired) electrons. The second-order valence-corrected chi connectivity index (χ2v) is 5.35. The molecule has 24 heavy (non-hydrogen) atoms. The van der Waals surface area contributed by atoms with E-state index in [1.165, 1.54) is 19.5 Å². The Morgan fingerprint density at radius 1 is 1.46 bits per heavy atom. The quantitative estimate of drug-likeness (QED) is 0.454. The highest BCUT2D eigenvalue weighted by Gasteiger charge is 2.15. The van der Waals surface area contributed by atoms with E-state index in [1.54, 1.807) is 6.07 Å². The maximum absolute atomic E-state index is 11.9. The van der Waals surface area contributed by atoms with E-state index in [1.807, 2.05) is 0 Å². The number of benzene rings is 1. The number of pyridine rings is 1. The van der Waals surface area contributed by atoms with Crippen LogP contribution < -0.4 is 10.2 Å². The van der Waals surface area contributed by atoms with E-state index in [9.17, 15) is 20.0 Å². The molecule has 2 N–H and O–H groups in total. The maximum Gasteiger partial charge on any atom is 0.274 e. The number of aromatic nitrogens is 1. The van der Waals surface area contributed by atoms with Crippen molar-refractivity contribution in [2.75, 3.05) is 7.11 Å². The molecule has 0 saturated carbocycles. The number of non-ortho nitro benzene ring substituents is 1. The van der Waals surface area contributed by atoms with Crippen LogP contribution in [0, 0.1) is 10.1 Å². The zero-order valence-corrected chi connectivity index (χ0v) is 13.8. The molecule has 0 spiro atoms. The molecule has 0 saturated heterocycles. The number of hydrogen-bond donors (Lipinski definition) is 2. The largest absolute Gasteiger partial charge is 0.504 e. The lowest BCUT2D eigenvalue weighted by Gasteiger charge is -2.06.